The highest BCUT2D eigenvalue weighted by Crippen LogP contribution is 2.38. The summed E-state index contributed by atoms with van der Waals surface area (Å²) < 4.78 is 25.3. The molecule has 2 aliphatic rings. The minimum absolute atomic E-state index is 0.121. The SMILES string of the molecule is CCOC(=O)C1CCCN(CC(=O)N2N=C(c3ccccc3F)CC2c2ccccc2OC)C1. The first-order valence-electron chi connectivity index (χ1n) is 11.7. The zero-order valence-corrected chi connectivity index (χ0v) is 19.6. The summed E-state index contributed by atoms with van der Waals surface area (Å²) in [5.74, 6) is -0.375. The second-order valence-corrected chi connectivity index (χ2v) is 8.55. The second kappa shape index (κ2) is 10.8. The quantitative estimate of drug-likeness (QED) is 0.580. The summed E-state index contributed by atoms with van der Waals surface area (Å²) in [6.45, 7) is 3.45. The van der Waals surface area contributed by atoms with Crippen molar-refractivity contribution in [2.75, 3.05) is 33.4 Å². The van der Waals surface area contributed by atoms with Crippen LogP contribution in [0.25, 0.3) is 0 Å². The molecule has 2 aromatic carbocycles. The summed E-state index contributed by atoms with van der Waals surface area (Å²) in [6.07, 6.45) is 1.95. The highest BCUT2D eigenvalue weighted by molar-refractivity contribution is 6.03. The molecule has 2 aromatic rings. The molecular formula is C26H30FN3O4. The average molecular weight is 468 g/mol. The molecule has 34 heavy (non-hydrogen) atoms. The van der Waals surface area contributed by atoms with E-state index in [1.807, 2.05) is 29.2 Å². The van der Waals surface area contributed by atoms with E-state index in [4.69, 9.17) is 9.47 Å². The summed E-state index contributed by atoms with van der Waals surface area (Å²) in [4.78, 5) is 27.7. The molecule has 1 amide bonds. The van der Waals surface area contributed by atoms with Crippen LogP contribution in [-0.2, 0) is 14.3 Å². The van der Waals surface area contributed by atoms with Gasteiger partial charge in [0, 0.05) is 24.1 Å². The van der Waals surface area contributed by atoms with E-state index >= 15 is 0 Å². The Morgan fingerprint density at radius 1 is 1.15 bits per heavy atom. The number of esters is 1. The Bertz CT molecular complexity index is 1070. The van der Waals surface area contributed by atoms with Crippen LogP contribution in [0.4, 0.5) is 4.39 Å². The molecular weight excluding hydrogens is 437 g/mol. The number of benzene rings is 2. The maximum Gasteiger partial charge on any atom is 0.310 e. The van der Waals surface area contributed by atoms with Gasteiger partial charge in [-0.1, -0.05) is 36.4 Å². The largest absolute Gasteiger partial charge is 0.496 e. The third kappa shape index (κ3) is 5.12. The molecule has 0 aromatic heterocycles. The van der Waals surface area contributed by atoms with Crippen molar-refractivity contribution >= 4 is 17.6 Å². The topological polar surface area (TPSA) is 71.4 Å². The van der Waals surface area contributed by atoms with Crippen molar-refractivity contribution in [2.45, 2.75) is 32.2 Å². The summed E-state index contributed by atoms with van der Waals surface area (Å²) in [5, 5.41) is 6.04. The number of rotatable bonds is 7. The second-order valence-electron chi connectivity index (χ2n) is 8.55. The monoisotopic (exact) mass is 467 g/mol. The molecule has 0 aliphatic carbocycles. The van der Waals surface area contributed by atoms with Crippen molar-refractivity contribution in [2.24, 2.45) is 11.0 Å². The summed E-state index contributed by atoms with van der Waals surface area (Å²) in [7, 11) is 1.59. The van der Waals surface area contributed by atoms with Crippen LogP contribution in [0.2, 0.25) is 0 Å². The fourth-order valence-electron chi connectivity index (χ4n) is 4.70. The Hall–Kier alpha value is -3.26. The Morgan fingerprint density at radius 2 is 1.91 bits per heavy atom. The maximum absolute atomic E-state index is 14.5. The molecule has 0 saturated carbocycles. The van der Waals surface area contributed by atoms with Crippen molar-refractivity contribution in [3.63, 3.8) is 0 Å². The number of likely N-dealkylation sites (tertiary alicyclic amines) is 1. The number of para-hydroxylation sites is 1. The van der Waals surface area contributed by atoms with Crippen LogP contribution >= 0.6 is 0 Å². The number of amides is 1. The van der Waals surface area contributed by atoms with Crippen LogP contribution in [0.5, 0.6) is 5.75 Å². The lowest BCUT2D eigenvalue weighted by Gasteiger charge is -2.32. The van der Waals surface area contributed by atoms with Gasteiger partial charge in [0.1, 0.15) is 11.6 Å². The van der Waals surface area contributed by atoms with E-state index in [0.717, 1.165) is 24.9 Å². The van der Waals surface area contributed by atoms with Crippen molar-refractivity contribution in [3.05, 3.63) is 65.5 Å². The Morgan fingerprint density at radius 3 is 2.68 bits per heavy atom. The van der Waals surface area contributed by atoms with Crippen molar-refractivity contribution in [1.29, 1.82) is 0 Å². The number of piperidine rings is 1. The first kappa shape index (κ1) is 23.9. The zero-order valence-electron chi connectivity index (χ0n) is 19.6. The number of nitrogens with zero attached hydrogens (tertiary/aromatic N) is 3. The number of methoxy groups -OCH3 is 1. The van der Waals surface area contributed by atoms with E-state index in [9.17, 15) is 14.0 Å². The third-order valence-corrected chi connectivity index (χ3v) is 6.33. The van der Waals surface area contributed by atoms with Crippen molar-refractivity contribution in [1.82, 2.24) is 9.91 Å². The van der Waals surface area contributed by atoms with E-state index < -0.39 is 6.04 Å². The first-order chi connectivity index (χ1) is 16.5. The van der Waals surface area contributed by atoms with Gasteiger partial charge in [0.25, 0.3) is 5.91 Å². The fourth-order valence-corrected chi connectivity index (χ4v) is 4.70. The van der Waals surface area contributed by atoms with Crippen LogP contribution in [-0.4, -0.2) is 60.8 Å². The molecule has 4 rings (SSSR count). The predicted octanol–water partition coefficient (Wildman–Crippen LogP) is 3.79. The molecule has 0 N–H and O–H groups in total. The first-order valence-corrected chi connectivity index (χ1v) is 11.7. The van der Waals surface area contributed by atoms with Gasteiger partial charge in [-0.25, -0.2) is 9.40 Å². The van der Waals surface area contributed by atoms with Gasteiger partial charge in [-0.3, -0.25) is 14.5 Å². The third-order valence-electron chi connectivity index (χ3n) is 6.33. The van der Waals surface area contributed by atoms with Gasteiger partial charge in [0.15, 0.2) is 0 Å². The number of ether oxygens (including phenoxy) is 2. The van der Waals surface area contributed by atoms with Crippen LogP contribution < -0.4 is 4.74 Å². The normalized spacial score (nSPS) is 20.7. The van der Waals surface area contributed by atoms with Gasteiger partial charge in [0.2, 0.25) is 0 Å². The van der Waals surface area contributed by atoms with E-state index in [1.54, 1.807) is 32.2 Å². The molecule has 1 saturated heterocycles. The van der Waals surface area contributed by atoms with Gasteiger partial charge in [-0.2, -0.15) is 5.10 Å². The summed E-state index contributed by atoms with van der Waals surface area (Å²) >= 11 is 0. The van der Waals surface area contributed by atoms with Crippen LogP contribution in [0.1, 0.15) is 43.4 Å². The molecule has 1 fully saturated rings. The molecule has 0 spiro atoms. The van der Waals surface area contributed by atoms with Gasteiger partial charge >= 0.3 is 5.97 Å². The van der Waals surface area contributed by atoms with Gasteiger partial charge in [-0.05, 0) is 38.4 Å². The maximum atomic E-state index is 14.5. The van der Waals surface area contributed by atoms with Gasteiger partial charge < -0.3 is 9.47 Å². The van der Waals surface area contributed by atoms with Crippen molar-refractivity contribution in [3.8, 4) is 5.75 Å². The standard InChI is InChI=1S/C26H30FN3O4/c1-3-34-26(32)18-9-8-14-29(16-18)17-25(31)30-23(20-11-5-7-13-24(20)33-2)15-22(28-30)19-10-4-6-12-21(19)27/h4-7,10-13,18,23H,3,8-9,14-17H2,1-2H3. The molecule has 0 radical (unpaired) electrons. The number of halogens is 1. The highest BCUT2D eigenvalue weighted by atomic mass is 19.1. The Kier molecular flexibility index (Phi) is 7.57. The van der Waals surface area contributed by atoms with Gasteiger partial charge in [0.05, 0.1) is 37.9 Å². The number of carbonyl (C=O) groups is 2. The van der Waals surface area contributed by atoms with Crippen LogP contribution in [0.15, 0.2) is 53.6 Å². The smallest absolute Gasteiger partial charge is 0.310 e. The molecule has 2 atom stereocenters. The molecule has 180 valence electrons. The lowest BCUT2D eigenvalue weighted by atomic mass is 9.97. The van der Waals surface area contributed by atoms with E-state index in [1.165, 1.54) is 11.1 Å². The minimum atomic E-state index is -0.413. The molecule has 0 bridgehead atoms. The van der Waals surface area contributed by atoms with Crippen LogP contribution in [0.3, 0.4) is 0 Å². The lowest BCUT2D eigenvalue weighted by molar-refractivity contribution is -0.150. The van der Waals surface area contributed by atoms with Gasteiger partial charge in [-0.15, -0.1) is 0 Å². The molecule has 8 heteroatoms. The lowest BCUT2D eigenvalue weighted by Crippen LogP contribution is -2.44. The number of hydrazone groups is 1. The zero-order chi connectivity index (χ0) is 24.1. The number of hydrogen-bond acceptors (Lipinski definition) is 6. The molecule has 2 heterocycles. The number of hydrogen-bond donors (Lipinski definition) is 0. The Labute approximate surface area is 199 Å². The Balaban J connectivity index is 1.58. The summed E-state index contributed by atoms with van der Waals surface area (Å²) in [6, 6.07) is 13.5. The minimum Gasteiger partial charge on any atom is -0.496 e. The molecule has 2 unspecified atom stereocenters. The fraction of sp³-hybridized carbons (Fsp3) is 0.423. The van der Waals surface area contributed by atoms with Crippen molar-refractivity contribution < 1.29 is 23.5 Å². The van der Waals surface area contributed by atoms with E-state index in [-0.39, 0.29) is 30.2 Å². The average Bonchev–Trinajstić information content (AvgIpc) is 3.30. The predicted molar refractivity (Wildman–Crippen MR) is 126 cm³/mol. The molecule has 7 nitrogen and oxygen atoms in total. The van der Waals surface area contributed by atoms with E-state index in [2.05, 4.69) is 5.10 Å². The summed E-state index contributed by atoms with van der Waals surface area (Å²) in [5.41, 5.74) is 1.72. The molecule has 2 aliphatic heterocycles. The van der Waals surface area contributed by atoms with Crippen LogP contribution in [0, 0.1) is 11.7 Å². The number of carbonyl (C=O) groups excluding carboxylic acids is 2. The van der Waals surface area contributed by atoms with E-state index in [0.29, 0.717) is 36.6 Å². The highest BCUT2D eigenvalue weighted by Gasteiger charge is 2.37.